The number of rotatable bonds is 4. The molecular weight excluding hydrogens is 274 g/mol. The predicted octanol–water partition coefficient (Wildman–Crippen LogP) is 0.991. The number of hydrogen-bond donors (Lipinski definition) is 3. The molecule has 0 unspecified atom stereocenters. The van der Waals surface area contributed by atoms with Gasteiger partial charge in [0.05, 0.1) is 16.6 Å². The molecule has 2 heterocycles. The normalized spacial score (nSPS) is 11.0. The van der Waals surface area contributed by atoms with Gasteiger partial charge in [-0.2, -0.15) is 0 Å². The maximum atomic E-state index is 11.3. The molecule has 0 spiro atoms. The highest BCUT2D eigenvalue weighted by atomic mass is 16.4. The number of pyridine rings is 1. The summed E-state index contributed by atoms with van der Waals surface area (Å²) >= 11 is 0. The molecule has 106 valence electrons. The molecule has 0 aliphatic carbocycles. The molecule has 7 heteroatoms. The molecule has 2 aromatic heterocycles. The maximum Gasteiger partial charge on any atom is 0.372 e. The first kappa shape index (κ1) is 13.0. The Labute approximate surface area is 117 Å². The topological polar surface area (TPSA) is 116 Å². The summed E-state index contributed by atoms with van der Waals surface area (Å²) in [6, 6.07) is 5.42. The van der Waals surface area contributed by atoms with Gasteiger partial charge in [-0.25, -0.2) is 9.59 Å². The van der Waals surface area contributed by atoms with Crippen LogP contribution in [0.3, 0.4) is 0 Å². The quantitative estimate of drug-likeness (QED) is 0.618. The Hall–Kier alpha value is -2.96. The van der Waals surface area contributed by atoms with Crippen LogP contribution >= 0.6 is 0 Å². The third kappa shape index (κ3) is 2.40. The number of benzene rings is 1. The maximum absolute atomic E-state index is 11.3. The van der Waals surface area contributed by atoms with Crippen LogP contribution in [0.2, 0.25) is 0 Å². The number of aromatic nitrogens is 3. The Kier molecular flexibility index (Phi) is 3.02. The highest BCUT2D eigenvalue weighted by Gasteiger charge is 2.12. The second-order valence-corrected chi connectivity index (χ2v) is 4.71. The number of ketones is 1. The monoisotopic (exact) mass is 285 g/mol. The van der Waals surface area contributed by atoms with Crippen molar-refractivity contribution in [2.75, 3.05) is 0 Å². The molecule has 0 fully saturated rings. The SMILES string of the molecule is O=C(O)C(=O)CCc1cnc2c(ccc3[nH]c(=O)[nH]c32)c1. The molecule has 0 aliphatic heterocycles. The second-order valence-electron chi connectivity index (χ2n) is 4.71. The van der Waals surface area contributed by atoms with E-state index in [1.807, 2.05) is 12.1 Å². The van der Waals surface area contributed by atoms with Crippen molar-refractivity contribution < 1.29 is 14.7 Å². The average molecular weight is 285 g/mol. The summed E-state index contributed by atoms with van der Waals surface area (Å²) in [5.41, 5.74) is 2.43. The number of hydrogen-bond acceptors (Lipinski definition) is 4. The number of imidazole rings is 1. The third-order valence-corrected chi connectivity index (χ3v) is 3.28. The number of nitrogens with zero attached hydrogens (tertiary/aromatic N) is 1. The summed E-state index contributed by atoms with van der Waals surface area (Å²) in [4.78, 5) is 42.5. The number of carboxylic acids is 1. The molecule has 3 aromatic rings. The highest BCUT2D eigenvalue weighted by molar-refractivity contribution is 6.32. The average Bonchev–Trinajstić information content (AvgIpc) is 2.84. The molecule has 0 saturated heterocycles. The van der Waals surface area contributed by atoms with Crippen LogP contribution in [0.15, 0.2) is 29.2 Å². The number of fused-ring (bicyclic) bond motifs is 3. The van der Waals surface area contributed by atoms with Crippen LogP contribution < -0.4 is 5.69 Å². The lowest BCUT2D eigenvalue weighted by Gasteiger charge is -2.03. The molecule has 0 radical (unpaired) electrons. The van der Waals surface area contributed by atoms with Gasteiger partial charge in [-0.1, -0.05) is 6.07 Å². The van der Waals surface area contributed by atoms with Crippen LogP contribution in [0.1, 0.15) is 12.0 Å². The fourth-order valence-electron chi connectivity index (χ4n) is 2.25. The highest BCUT2D eigenvalue weighted by Crippen LogP contribution is 2.21. The van der Waals surface area contributed by atoms with Gasteiger partial charge in [0.25, 0.3) is 0 Å². The van der Waals surface area contributed by atoms with E-state index in [1.54, 1.807) is 12.3 Å². The van der Waals surface area contributed by atoms with E-state index in [0.29, 0.717) is 23.0 Å². The summed E-state index contributed by atoms with van der Waals surface area (Å²) < 4.78 is 0. The van der Waals surface area contributed by atoms with Crippen molar-refractivity contribution in [2.24, 2.45) is 0 Å². The first-order valence-corrected chi connectivity index (χ1v) is 6.30. The fraction of sp³-hybridized carbons (Fsp3) is 0.143. The standard InChI is InChI=1S/C14H11N3O4/c18-10(13(19)20)4-1-7-5-8-2-3-9-12(11(8)15-6-7)17-14(21)16-9/h2-3,5-6H,1,4H2,(H,19,20)(H2,16,17,21). The zero-order chi connectivity index (χ0) is 15.0. The van der Waals surface area contributed by atoms with Gasteiger partial charge in [-0.15, -0.1) is 0 Å². The third-order valence-electron chi connectivity index (χ3n) is 3.28. The summed E-state index contributed by atoms with van der Waals surface area (Å²) in [6.07, 6.45) is 1.84. The zero-order valence-corrected chi connectivity index (χ0v) is 10.8. The van der Waals surface area contributed by atoms with E-state index in [4.69, 9.17) is 5.11 Å². The number of H-pyrrole nitrogens is 2. The van der Waals surface area contributed by atoms with Gasteiger partial charge in [-0.3, -0.25) is 9.78 Å². The first-order chi connectivity index (χ1) is 10.0. The lowest BCUT2D eigenvalue weighted by Crippen LogP contribution is -2.12. The summed E-state index contributed by atoms with van der Waals surface area (Å²) in [6.45, 7) is 0. The van der Waals surface area contributed by atoms with Gasteiger partial charge in [0, 0.05) is 18.0 Å². The molecule has 3 rings (SSSR count). The van der Waals surface area contributed by atoms with Crippen LogP contribution in [0.5, 0.6) is 0 Å². The minimum absolute atomic E-state index is 0.0637. The van der Waals surface area contributed by atoms with Crippen molar-refractivity contribution in [3.05, 3.63) is 40.4 Å². The number of Topliss-reactive ketones (excluding diaryl/α,β-unsaturated/α-hetero) is 1. The molecule has 0 aliphatic rings. The first-order valence-electron chi connectivity index (χ1n) is 6.30. The Morgan fingerprint density at radius 3 is 2.81 bits per heavy atom. The molecule has 21 heavy (non-hydrogen) atoms. The van der Waals surface area contributed by atoms with Crippen LogP contribution in [-0.2, 0) is 16.0 Å². The van der Waals surface area contributed by atoms with Crippen LogP contribution in [-0.4, -0.2) is 31.8 Å². The van der Waals surface area contributed by atoms with Crippen molar-refractivity contribution in [2.45, 2.75) is 12.8 Å². The van der Waals surface area contributed by atoms with Gasteiger partial charge in [-0.05, 0) is 24.1 Å². The van der Waals surface area contributed by atoms with Crippen molar-refractivity contribution in [3.8, 4) is 0 Å². The van der Waals surface area contributed by atoms with Gasteiger partial charge >= 0.3 is 11.7 Å². The van der Waals surface area contributed by atoms with Crippen LogP contribution in [0.4, 0.5) is 0 Å². The minimum atomic E-state index is -1.42. The molecular formula is C14H11N3O4. The Bertz CT molecular complexity index is 923. The van der Waals surface area contributed by atoms with Gasteiger partial charge < -0.3 is 15.1 Å². The van der Waals surface area contributed by atoms with E-state index < -0.39 is 11.8 Å². The van der Waals surface area contributed by atoms with Crippen molar-refractivity contribution in [1.82, 2.24) is 15.0 Å². The van der Waals surface area contributed by atoms with Gasteiger partial charge in [0.2, 0.25) is 5.78 Å². The summed E-state index contributed by atoms with van der Waals surface area (Å²) in [5, 5.41) is 9.37. The number of aliphatic carboxylic acids is 1. The fourth-order valence-corrected chi connectivity index (χ4v) is 2.25. The number of aromatic amines is 2. The lowest BCUT2D eigenvalue weighted by atomic mass is 10.1. The molecule has 7 nitrogen and oxygen atoms in total. The molecule has 0 saturated carbocycles. The number of carbonyl (C=O) groups excluding carboxylic acids is 1. The van der Waals surface area contributed by atoms with Crippen LogP contribution in [0, 0.1) is 0 Å². The van der Waals surface area contributed by atoms with Crippen LogP contribution in [0.25, 0.3) is 21.9 Å². The molecule has 0 atom stereocenters. The van der Waals surface area contributed by atoms with E-state index in [0.717, 1.165) is 10.9 Å². The van der Waals surface area contributed by atoms with Crippen molar-refractivity contribution in [3.63, 3.8) is 0 Å². The lowest BCUT2D eigenvalue weighted by molar-refractivity contribution is -0.149. The summed E-state index contributed by atoms with van der Waals surface area (Å²) in [7, 11) is 0. The summed E-state index contributed by atoms with van der Waals surface area (Å²) in [5.74, 6) is -2.24. The molecule has 0 amide bonds. The Morgan fingerprint density at radius 1 is 1.24 bits per heavy atom. The van der Waals surface area contributed by atoms with E-state index in [1.165, 1.54) is 0 Å². The van der Waals surface area contributed by atoms with E-state index in [-0.39, 0.29) is 12.1 Å². The van der Waals surface area contributed by atoms with E-state index in [2.05, 4.69) is 15.0 Å². The number of carboxylic acid groups (broad SMARTS) is 1. The van der Waals surface area contributed by atoms with Gasteiger partial charge in [0.1, 0.15) is 0 Å². The Balaban J connectivity index is 1.97. The molecule has 1 aromatic carbocycles. The smallest absolute Gasteiger partial charge is 0.372 e. The largest absolute Gasteiger partial charge is 0.476 e. The zero-order valence-electron chi connectivity index (χ0n) is 10.8. The van der Waals surface area contributed by atoms with Crippen molar-refractivity contribution in [1.29, 1.82) is 0 Å². The Morgan fingerprint density at radius 2 is 2.05 bits per heavy atom. The number of aryl methyl sites for hydroxylation is 1. The number of carbonyl (C=O) groups is 2. The molecule has 0 bridgehead atoms. The molecule has 3 N–H and O–H groups in total. The minimum Gasteiger partial charge on any atom is -0.476 e. The van der Waals surface area contributed by atoms with E-state index in [9.17, 15) is 14.4 Å². The predicted molar refractivity (Wildman–Crippen MR) is 75.2 cm³/mol. The number of nitrogens with one attached hydrogen (secondary N) is 2. The second kappa shape index (κ2) is 4.86. The van der Waals surface area contributed by atoms with Gasteiger partial charge in [0.15, 0.2) is 0 Å². The van der Waals surface area contributed by atoms with Crippen molar-refractivity contribution >= 4 is 33.7 Å². The van der Waals surface area contributed by atoms with E-state index >= 15 is 0 Å².